The molecule has 2 nitrogen and oxygen atoms in total. The maximum atomic E-state index is 13.3. The van der Waals surface area contributed by atoms with Crippen molar-refractivity contribution in [2.24, 2.45) is 0 Å². The average Bonchev–Trinajstić information content (AvgIpc) is 2.62. The molecule has 126 valence electrons. The molecule has 0 saturated heterocycles. The van der Waals surface area contributed by atoms with Gasteiger partial charge in [0.25, 0.3) is 0 Å². The molecule has 0 unspecified atom stereocenters. The van der Waals surface area contributed by atoms with Crippen molar-refractivity contribution in [1.82, 2.24) is 0 Å². The van der Waals surface area contributed by atoms with Gasteiger partial charge < -0.3 is 5.11 Å². The Labute approximate surface area is 148 Å². The Balaban J connectivity index is 2.04. The number of thioether (sulfide) groups is 1. The first-order valence-electron chi connectivity index (χ1n) is 7.54. The highest BCUT2D eigenvalue weighted by Gasteiger charge is 2.19. The van der Waals surface area contributed by atoms with E-state index in [-0.39, 0.29) is 22.4 Å². The summed E-state index contributed by atoms with van der Waals surface area (Å²) in [4.78, 5) is 12.0. The fraction of sp³-hybridized carbons (Fsp3) is 0.0500. The van der Waals surface area contributed by atoms with Crippen LogP contribution in [0.4, 0.5) is 8.78 Å². The van der Waals surface area contributed by atoms with Crippen LogP contribution in [0.2, 0.25) is 0 Å². The lowest BCUT2D eigenvalue weighted by molar-refractivity contribution is 0.0693. The van der Waals surface area contributed by atoms with Gasteiger partial charge in [0.15, 0.2) is 0 Å². The van der Waals surface area contributed by atoms with Gasteiger partial charge in [0.2, 0.25) is 0 Å². The third-order valence-electron chi connectivity index (χ3n) is 3.71. The normalized spacial score (nSPS) is 10.8. The van der Waals surface area contributed by atoms with E-state index in [0.717, 1.165) is 11.1 Å². The Morgan fingerprint density at radius 2 is 1.28 bits per heavy atom. The maximum absolute atomic E-state index is 13.3. The second-order valence-electron chi connectivity index (χ2n) is 5.40. The van der Waals surface area contributed by atoms with E-state index in [1.54, 1.807) is 42.5 Å². The van der Waals surface area contributed by atoms with Gasteiger partial charge in [0, 0.05) is 4.90 Å². The largest absolute Gasteiger partial charge is 0.478 e. The fourth-order valence-electron chi connectivity index (χ4n) is 2.48. The molecule has 25 heavy (non-hydrogen) atoms. The van der Waals surface area contributed by atoms with E-state index in [2.05, 4.69) is 0 Å². The molecule has 0 heterocycles. The number of carboxylic acid groups (broad SMARTS) is 1. The summed E-state index contributed by atoms with van der Waals surface area (Å²) < 4.78 is 26.5. The lowest BCUT2D eigenvalue weighted by atomic mass is 10.0. The first kappa shape index (κ1) is 17.2. The van der Waals surface area contributed by atoms with Crippen molar-refractivity contribution < 1.29 is 18.7 Å². The van der Waals surface area contributed by atoms with Crippen LogP contribution in [-0.4, -0.2) is 11.1 Å². The number of carboxylic acids is 1. The molecule has 0 aromatic heterocycles. The zero-order valence-electron chi connectivity index (χ0n) is 13.0. The molecular weight excluding hydrogens is 342 g/mol. The SMILES string of the molecule is O=C(O)c1ccccc1SC(c1ccc(F)cc1)c1ccc(F)cc1. The van der Waals surface area contributed by atoms with Gasteiger partial charge in [0.05, 0.1) is 10.8 Å². The Kier molecular flexibility index (Phi) is 5.14. The third-order valence-corrected chi connectivity index (χ3v) is 5.10. The van der Waals surface area contributed by atoms with Gasteiger partial charge in [-0.3, -0.25) is 0 Å². The lowest BCUT2D eigenvalue weighted by Gasteiger charge is -2.19. The minimum Gasteiger partial charge on any atom is -0.478 e. The van der Waals surface area contributed by atoms with Crippen LogP contribution < -0.4 is 0 Å². The van der Waals surface area contributed by atoms with E-state index in [0.29, 0.717) is 4.90 Å². The summed E-state index contributed by atoms with van der Waals surface area (Å²) in [7, 11) is 0. The molecule has 3 aromatic carbocycles. The average molecular weight is 356 g/mol. The van der Waals surface area contributed by atoms with Gasteiger partial charge in [0.1, 0.15) is 11.6 Å². The summed E-state index contributed by atoms with van der Waals surface area (Å²) in [6.45, 7) is 0. The molecular formula is C20H14F2O2S. The molecule has 1 N–H and O–H groups in total. The molecule has 0 bridgehead atoms. The second kappa shape index (κ2) is 7.49. The standard InChI is InChI=1S/C20H14F2O2S/c21-15-9-5-13(6-10-15)19(14-7-11-16(22)12-8-14)25-18-4-2-1-3-17(18)20(23)24/h1-12,19H,(H,23,24). The van der Waals surface area contributed by atoms with Crippen LogP contribution in [-0.2, 0) is 0 Å². The minimum atomic E-state index is -1.01. The highest BCUT2D eigenvalue weighted by molar-refractivity contribution is 7.99. The van der Waals surface area contributed by atoms with Crippen LogP contribution in [0, 0.1) is 11.6 Å². The first-order chi connectivity index (χ1) is 12.0. The van der Waals surface area contributed by atoms with Gasteiger partial charge in [-0.2, -0.15) is 0 Å². The Hall–Kier alpha value is -2.66. The molecule has 0 amide bonds. The summed E-state index contributed by atoms with van der Waals surface area (Å²) in [5, 5.41) is 9.09. The maximum Gasteiger partial charge on any atom is 0.336 e. The predicted octanol–water partition coefficient (Wildman–Crippen LogP) is 5.54. The van der Waals surface area contributed by atoms with Gasteiger partial charge >= 0.3 is 5.97 Å². The van der Waals surface area contributed by atoms with E-state index in [4.69, 9.17) is 0 Å². The Morgan fingerprint density at radius 1 is 0.800 bits per heavy atom. The Morgan fingerprint density at radius 3 is 1.76 bits per heavy atom. The number of carbonyl (C=O) groups is 1. The van der Waals surface area contributed by atoms with Gasteiger partial charge in [-0.05, 0) is 47.5 Å². The van der Waals surface area contributed by atoms with Crippen molar-refractivity contribution in [3.63, 3.8) is 0 Å². The molecule has 0 fully saturated rings. The van der Waals surface area contributed by atoms with Crippen molar-refractivity contribution in [1.29, 1.82) is 0 Å². The van der Waals surface area contributed by atoms with E-state index in [1.807, 2.05) is 0 Å². The van der Waals surface area contributed by atoms with E-state index in [9.17, 15) is 18.7 Å². The van der Waals surface area contributed by atoms with Crippen LogP contribution in [0.3, 0.4) is 0 Å². The number of hydrogen-bond acceptors (Lipinski definition) is 2. The Bertz CT molecular complexity index is 831. The van der Waals surface area contributed by atoms with E-state index >= 15 is 0 Å². The molecule has 5 heteroatoms. The molecule has 0 aliphatic carbocycles. The molecule has 3 rings (SSSR count). The molecule has 0 radical (unpaired) electrons. The lowest BCUT2D eigenvalue weighted by Crippen LogP contribution is -2.02. The van der Waals surface area contributed by atoms with Gasteiger partial charge in [-0.1, -0.05) is 36.4 Å². The van der Waals surface area contributed by atoms with Crippen LogP contribution in [0.5, 0.6) is 0 Å². The summed E-state index contributed by atoms with van der Waals surface area (Å²) in [5.41, 5.74) is 1.80. The minimum absolute atomic E-state index is 0.196. The highest BCUT2D eigenvalue weighted by Crippen LogP contribution is 2.41. The van der Waals surface area contributed by atoms with Gasteiger partial charge in [-0.15, -0.1) is 11.8 Å². The van der Waals surface area contributed by atoms with Crippen molar-refractivity contribution in [2.75, 3.05) is 0 Å². The van der Waals surface area contributed by atoms with Crippen LogP contribution >= 0.6 is 11.8 Å². The molecule has 0 atom stereocenters. The molecule has 0 aliphatic heterocycles. The topological polar surface area (TPSA) is 37.3 Å². The molecule has 3 aromatic rings. The van der Waals surface area contributed by atoms with Crippen LogP contribution in [0.25, 0.3) is 0 Å². The zero-order chi connectivity index (χ0) is 17.8. The zero-order valence-corrected chi connectivity index (χ0v) is 13.8. The van der Waals surface area contributed by atoms with E-state index < -0.39 is 5.97 Å². The van der Waals surface area contributed by atoms with Crippen molar-refractivity contribution in [3.8, 4) is 0 Å². The monoisotopic (exact) mass is 356 g/mol. The predicted molar refractivity (Wildman–Crippen MR) is 93.9 cm³/mol. The number of benzene rings is 3. The molecule has 0 saturated carbocycles. The smallest absolute Gasteiger partial charge is 0.336 e. The third kappa shape index (κ3) is 4.06. The fourth-order valence-corrected chi connectivity index (χ4v) is 3.76. The number of rotatable bonds is 5. The van der Waals surface area contributed by atoms with Crippen molar-refractivity contribution in [2.45, 2.75) is 10.1 Å². The molecule has 0 spiro atoms. The summed E-state index contributed by atoms with van der Waals surface area (Å²) in [6, 6.07) is 18.7. The number of hydrogen-bond donors (Lipinski definition) is 1. The van der Waals surface area contributed by atoms with Crippen LogP contribution in [0.1, 0.15) is 26.7 Å². The van der Waals surface area contributed by atoms with Crippen molar-refractivity contribution >= 4 is 17.7 Å². The van der Waals surface area contributed by atoms with Crippen LogP contribution in [0.15, 0.2) is 77.7 Å². The second-order valence-corrected chi connectivity index (χ2v) is 6.55. The summed E-state index contributed by atoms with van der Waals surface area (Å²) >= 11 is 1.34. The quantitative estimate of drug-likeness (QED) is 0.610. The summed E-state index contributed by atoms with van der Waals surface area (Å²) in [5.74, 6) is -1.71. The molecule has 0 aliphatic rings. The number of halogens is 2. The van der Waals surface area contributed by atoms with Gasteiger partial charge in [-0.25, -0.2) is 13.6 Å². The highest BCUT2D eigenvalue weighted by atomic mass is 32.2. The number of aromatic carboxylic acids is 1. The summed E-state index contributed by atoms with van der Waals surface area (Å²) in [6.07, 6.45) is 0. The first-order valence-corrected chi connectivity index (χ1v) is 8.42. The van der Waals surface area contributed by atoms with Crippen molar-refractivity contribution in [3.05, 3.63) is 101 Å². The van der Waals surface area contributed by atoms with E-state index in [1.165, 1.54) is 42.1 Å².